The van der Waals surface area contributed by atoms with Crippen molar-refractivity contribution >= 4 is 11.7 Å². The molecule has 1 aromatic heterocycles. The summed E-state index contributed by atoms with van der Waals surface area (Å²) in [5.41, 5.74) is 3.01. The fraction of sp³-hybridized carbons (Fsp3) is 0.250. The summed E-state index contributed by atoms with van der Waals surface area (Å²) in [6.07, 6.45) is 2.86. The number of rotatable bonds is 4. The number of hydrogen-bond acceptors (Lipinski definition) is 4. The second-order valence-electron chi connectivity index (χ2n) is 7.34. The van der Waals surface area contributed by atoms with Gasteiger partial charge < -0.3 is 24.3 Å². The highest BCUT2D eigenvalue weighted by atomic mass is 16.5. The van der Waals surface area contributed by atoms with Crippen molar-refractivity contribution in [3.8, 4) is 17.6 Å². The Balaban J connectivity index is 1.75. The minimum Gasteiger partial charge on any atom is -0.497 e. The van der Waals surface area contributed by atoms with Gasteiger partial charge in [0.15, 0.2) is 0 Å². The van der Waals surface area contributed by atoms with Gasteiger partial charge in [-0.2, -0.15) is 5.26 Å². The lowest BCUT2D eigenvalue weighted by Crippen LogP contribution is -2.38. The molecule has 0 saturated carbocycles. The Morgan fingerprint density at radius 1 is 1.06 bits per heavy atom. The molecule has 0 bridgehead atoms. The summed E-state index contributed by atoms with van der Waals surface area (Å²) in [5, 5.41) is 12.1. The summed E-state index contributed by atoms with van der Waals surface area (Å²) in [4.78, 5) is 15.2. The summed E-state index contributed by atoms with van der Waals surface area (Å²) in [6, 6.07) is 18.2. The average Bonchev–Trinajstić information content (AvgIpc) is 3.18. The van der Waals surface area contributed by atoms with Crippen LogP contribution in [-0.2, 0) is 6.54 Å². The van der Waals surface area contributed by atoms with E-state index in [9.17, 15) is 4.79 Å². The van der Waals surface area contributed by atoms with E-state index in [1.54, 1.807) is 38.5 Å². The molecule has 7 heteroatoms. The zero-order valence-corrected chi connectivity index (χ0v) is 17.5. The second-order valence-corrected chi connectivity index (χ2v) is 7.34. The Bertz CT molecular complexity index is 1110. The number of carbonyl (C=O) groups excluding carboxylic acids is 1. The minimum absolute atomic E-state index is 0.225. The van der Waals surface area contributed by atoms with Crippen molar-refractivity contribution in [1.82, 2.24) is 9.47 Å². The highest BCUT2D eigenvalue weighted by Gasteiger charge is 2.31. The zero-order chi connectivity index (χ0) is 21.8. The fourth-order valence-electron chi connectivity index (χ4n) is 4.00. The van der Waals surface area contributed by atoms with Gasteiger partial charge in [-0.15, -0.1) is 0 Å². The number of aryl methyl sites for hydroxylation is 1. The van der Waals surface area contributed by atoms with Crippen molar-refractivity contribution in [2.75, 3.05) is 26.1 Å². The largest absolute Gasteiger partial charge is 0.497 e. The molecule has 1 atom stereocenters. The summed E-state index contributed by atoms with van der Waals surface area (Å²) in [5.74, 6) is 1.33. The lowest BCUT2D eigenvalue weighted by molar-refractivity contribution is 0.199. The van der Waals surface area contributed by atoms with Crippen LogP contribution < -0.4 is 14.8 Å². The molecular formula is C24H24N4O3. The molecule has 3 aromatic rings. The minimum atomic E-state index is -0.319. The predicted octanol–water partition coefficient (Wildman–Crippen LogP) is 4.40. The van der Waals surface area contributed by atoms with Crippen molar-refractivity contribution in [3.05, 3.63) is 77.6 Å². The number of urea groups is 1. The molecule has 0 saturated heterocycles. The lowest BCUT2D eigenvalue weighted by Gasteiger charge is -2.31. The van der Waals surface area contributed by atoms with Gasteiger partial charge in [-0.3, -0.25) is 0 Å². The predicted molar refractivity (Wildman–Crippen MR) is 117 cm³/mol. The molecule has 0 fully saturated rings. The first kappa shape index (κ1) is 20.4. The number of carbonyl (C=O) groups is 1. The van der Waals surface area contributed by atoms with Crippen LogP contribution in [-0.4, -0.2) is 36.3 Å². The van der Waals surface area contributed by atoms with E-state index in [1.807, 2.05) is 41.4 Å². The first-order valence-electron chi connectivity index (χ1n) is 10.1. The smallest absolute Gasteiger partial charge is 0.322 e. The third kappa shape index (κ3) is 4.19. The lowest BCUT2D eigenvalue weighted by atomic mass is 10.0. The van der Waals surface area contributed by atoms with Crippen LogP contribution in [0, 0.1) is 11.3 Å². The van der Waals surface area contributed by atoms with Gasteiger partial charge in [0.2, 0.25) is 0 Å². The summed E-state index contributed by atoms with van der Waals surface area (Å²) in [7, 11) is 3.22. The molecule has 1 unspecified atom stereocenters. The number of methoxy groups -OCH3 is 2. The van der Waals surface area contributed by atoms with E-state index in [0.717, 1.165) is 24.2 Å². The maximum Gasteiger partial charge on any atom is 0.322 e. The van der Waals surface area contributed by atoms with E-state index in [-0.39, 0.29) is 12.1 Å². The number of hydrogen-bond donors (Lipinski definition) is 1. The highest BCUT2D eigenvalue weighted by molar-refractivity contribution is 5.90. The van der Waals surface area contributed by atoms with Crippen LogP contribution in [0.1, 0.15) is 29.3 Å². The molecule has 1 aliphatic rings. The summed E-state index contributed by atoms with van der Waals surface area (Å²) < 4.78 is 13.1. The van der Waals surface area contributed by atoms with Gasteiger partial charge in [-0.05, 0) is 54.4 Å². The molecule has 158 valence electrons. The van der Waals surface area contributed by atoms with Crippen molar-refractivity contribution < 1.29 is 14.3 Å². The van der Waals surface area contributed by atoms with Crippen molar-refractivity contribution in [1.29, 1.82) is 5.26 Å². The quantitative estimate of drug-likeness (QED) is 0.683. The van der Waals surface area contributed by atoms with E-state index in [4.69, 9.17) is 14.7 Å². The maximum absolute atomic E-state index is 13.4. The Morgan fingerprint density at radius 2 is 1.84 bits per heavy atom. The Kier molecular flexibility index (Phi) is 5.80. The molecule has 1 aliphatic heterocycles. The zero-order valence-electron chi connectivity index (χ0n) is 17.5. The van der Waals surface area contributed by atoms with Crippen molar-refractivity contribution in [3.63, 3.8) is 0 Å². The Hall–Kier alpha value is -3.92. The highest BCUT2D eigenvalue weighted by Crippen LogP contribution is 2.36. The van der Waals surface area contributed by atoms with Gasteiger partial charge in [0, 0.05) is 36.7 Å². The first-order valence-corrected chi connectivity index (χ1v) is 10.1. The first-order chi connectivity index (χ1) is 15.1. The van der Waals surface area contributed by atoms with Crippen LogP contribution in [0.3, 0.4) is 0 Å². The molecule has 4 rings (SSSR count). The molecule has 0 radical (unpaired) electrons. The number of fused-ring (bicyclic) bond motifs is 1. The van der Waals surface area contributed by atoms with Gasteiger partial charge in [-0.1, -0.05) is 6.07 Å². The van der Waals surface area contributed by atoms with Crippen molar-refractivity contribution in [2.45, 2.75) is 19.0 Å². The number of nitrogens with one attached hydrogen (secondary N) is 1. The van der Waals surface area contributed by atoms with E-state index < -0.39 is 0 Å². The molecule has 31 heavy (non-hydrogen) atoms. The van der Waals surface area contributed by atoms with E-state index in [1.165, 1.54) is 0 Å². The SMILES string of the molecule is COc1cc(OC)cc(C2c3cccn3CCCN2C(=O)Nc2cccc(C#N)c2)c1. The Morgan fingerprint density at radius 3 is 2.55 bits per heavy atom. The number of anilines is 1. The molecule has 0 spiro atoms. The molecular weight excluding hydrogens is 392 g/mol. The van der Waals surface area contributed by atoms with Gasteiger partial charge >= 0.3 is 6.03 Å². The van der Waals surface area contributed by atoms with Crippen LogP contribution in [0.2, 0.25) is 0 Å². The van der Waals surface area contributed by atoms with E-state index >= 15 is 0 Å². The van der Waals surface area contributed by atoms with Gasteiger partial charge in [0.05, 0.1) is 31.9 Å². The van der Waals surface area contributed by atoms with Gasteiger partial charge in [-0.25, -0.2) is 4.79 Å². The molecule has 7 nitrogen and oxygen atoms in total. The van der Waals surface area contributed by atoms with E-state index in [2.05, 4.69) is 16.0 Å². The fourth-order valence-corrected chi connectivity index (χ4v) is 4.00. The molecule has 0 aliphatic carbocycles. The maximum atomic E-state index is 13.4. The second kappa shape index (κ2) is 8.84. The van der Waals surface area contributed by atoms with Crippen LogP contribution in [0.15, 0.2) is 60.8 Å². The number of nitrogens with zero attached hydrogens (tertiary/aromatic N) is 3. The molecule has 1 N–H and O–H groups in total. The van der Waals surface area contributed by atoms with Crippen LogP contribution in [0.25, 0.3) is 0 Å². The number of ether oxygens (including phenoxy) is 2. The molecule has 2 amide bonds. The standard InChI is InChI=1S/C24H24N4O3/c1-30-20-13-18(14-21(15-20)31-2)23-22-8-4-9-27(22)10-5-11-28(23)24(29)26-19-7-3-6-17(12-19)16-25/h3-4,6-9,12-15,23H,5,10-11H2,1-2H3,(H,26,29). The molecule has 2 aromatic carbocycles. The number of nitriles is 1. The number of benzene rings is 2. The monoisotopic (exact) mass is 416 g/mol. The van der Waals surface area contributed by atoms with Crippen LogP contribution in [0.5, 0.6) is 11.5 Å². The van der Waals surface area contributed by atoms with Gasteiger partial charge in [0.25, 0.3) is 0 Å². The van der Waals surface area contributed by atoms with Crippen LogP contribution in [0.4, 0.5) is 10.5 Å². The summed E-state index contributed by atoms with van der Waals surface area (Å²) in [6.45, 7) is 1.41. The van der Waals surface area contributed by atoms with Gasteiger partial charge in [0.1, 0.15) is 11.5 Å². The number of amides is 2. The van der Waals surface area contributed by atoms with Crippen LogP contribution >= 0.6 is 0 Å². The normalized spacial score (nSPS) is 15.4. The average molecular weight is 416 g/mol. The Labute approximate surface area is 181 Å². The number of aromatic nitrogens is 1. The topological polar surface area (TPSA) is 79.5 Å². The van der Waals surface area contributed by atoms with E-state index in [0.29, 0.717) is 29.3 Å². The third-order valence-corrected chi connectivity index (χ3v) is 5.45. The summed E-state index contributed by atoms with van der Waals surface area (Å²) >= 11 is 0. The molecule has 2 heterocycles. The van der Waals surface area contributed by atoms with Crippen molar-refractivity contribution in [2.24, 2.45) is 0 Å². The third-order valence-electron chi connectivity index (χ3n) is 5.45.